The molecule has 2 aromatic heterocycles. The molecule has 0 saturated carbocycles. The van der Waals surface area contributed by atoms with Crippen molar-refractivity contribution in [1.82, 2.24) is 9.97 Å². The number of carbonyl (C=O) groups is 1. The van der Waals surface area contributed by atoms with Crippen molar-refractivity contribution in [2.45, 2.75) is 6.92 Å². The van der Waals surface area contributed by atoms with Gasteiger partial charge in [-0.15, -0.1) is 0 Å². The van der Waals surface area contributed by atoms with Crippen LogP contribution in [0.15, 0.2) is 29.0 Å². The van der Waals surface area contributed by atoms with Gasteiger partial charge < -0.3 is 16.0 Å². The standard InChI is InChI=1S/C11H11BrN4O/c1-6-2-10(15-5-8(6)12)16-11(17)9-3-7(13)4-14-9/h2-5,14H,13H2,1H3,(H,15,16,17). The minimum atomic E-state index is -0.268. The highest BCUT2D eigenvalue weighted by Crippen LogP contribution is 2.17. The van der Waals surface area contributed by atoms with Crippen LogP contribution in [0.25, 0.3) is 0 Å². The van der Waals surface area contributed by atoms with Crippen molar-refractivity contribution in [3.8, 4) is 0 Å². The van der Waals surface area contributed by atoms with Crippen LogP contribution in [0.1, 0.15) is 16.1 Å². The molecule has 2 heterocycles. The summed E-state index contributed by atoms with van der Waals surface area (Å²) in [7, 11) is 0. The Morgan fingerprint density at radius 2 is 2.29 bits per heavy atom. The number of nitrogen functional groups attached to an aromatic ring is 1. The topological polar surface area (TPSA) is 83.8 Å². The van der Waals surface area contributed by atoms with Crippen molar-refractivity contribution in [3.05, 3.63) is 40.3 Å². The van der Waals surface area contributed by atoms with Crippen LogP contribution in [-0.2, 0) is 0 Å². The fourth-order valence-electron chi connectivity index (χ4n) is 1.33. The number of H-pyrrole nitrogens is 1. The molecule has 0 bridgehead atoms. The smallest absolute Gasteiger partial charge is 0.273 e. The third kappa shape index (κ3) is 2.65. The zero-order valence-corrected chi connectivity index (χ0v) is 10.7. The largest absolute Gasteiger partial charge is 0.397 e. The highest BCUT2D eigenvalue weighted by atomic mass is 79.9. The molecule has 88 valence electrons. The van der Waals surface area contributed by atoms with Crippen LogP contribution in [0.5, 0.6) is 0 Å². The average molecular weight is 295 g/mol. The van der Waals surface area contributed by atoms with Gasteiger partial charge in [0, 0.05) is 22.6 Å². The second-order valence-electron chi connectivity index (χ2n) is 3.62. The third-order valence-corrected chi connectivity index (χ3v) is 3.07. The first kappa shape index (κ1) is 11.7. The van der Waals surface area contributed by atoms with Gasteiger partial charge in [-0.1, -0.05) is 0 Å². The Labute approximate surface area is 107 Å². The lowest BCUT2D eigenvalue weighted by molar-refractivity contribution is 0.102. The van der Waals surface area contributed by atoms with E-state index in [0.29, 0.717) is 17.2 Å². The van der Waals surface area contributed by atoms with E-state index in [9.17, 15) is 4.79 Å². The lowest BCUT2D eigenvalue weighted by Crippen LogP contribution is -2.13. The Hall–Kier alpha value is -1.82. The molecule has 6 heteroatoms. The number of hydrogen-bond acceptors (Lipinski definition) is 3. The molecule has 2 rings (SSSR count). The molecule has 0 spiro atoms. The van der Waals surface area contributed by atoms with Gasteiger partial charge in [-0.3, -0.25) is 4.79 Å². The molecular weight excluding hydrogens is 284 g/mol. The normalized spacial score (nSPS) is 10.2. The predicted octanol–water partition coefficient (Wildman–Crippen LogP) is 2.32. The Kier molecular flexibility index (Phi) is 3.14. The quantitative estimate of drug-likeness (QED) is 0.795. The van der Waals surface area contributed by atoms with Crippen molar-refractivity contribution >= 4 is 33.3 Å². The minimum absolute atomic E-state index is 0.268. The molecule has 4 N–H and O–H groups in total. The molecule has 0 fully saturated rings. The number of nitrogens with one attached hydrogen (secondary N) is 2. The second kappa shape index (κ2) is 4.58. The Balaban J connectivity index is 2.15. The summed E-state index contributed by atoms with van der Waals surface area (Å²) in [5.41, 5.74) is 7.45. The van der Waals surface area contributed by atoms with Gasteiger partial charge in [-0.25, -0.2) is 4.98 Å². The highest BCUT2D eigenvalue weighted by molar-refractivity contribution is 9.10. The summed E-state index contributed by atoms with van der Waals surface area (Å²) >= 11 is 3.35. The van der Waals surface area contributed by atoms with Gasteiger partial charge in [0.15, 0.2) is 0 Å². The number of nitrogens with zero attached hydrogens (tertiary/aromatic N) is 1. The van der Waals surface area contributed by atoms with E-state index in [1.54, 1.807) is 24.5 Å². The lowest BCUT2D eigenvalue weighted by atomic mass is 10.3. The van der Waals surface area contributed by atoms with Gasteiger partial charge in [0.2, 0.25) is 0 Å². The summed E-state index contributed by atoms with van der Waals surface area (Å²) in [6, 6.07) is 3.36. The maximum atomic E-state index is 11.8. The number of aryl methyl sites for hydroxylation is 1. The van der Waals surface area contributed by atoms with E-state index in [-0.39, 0.29) is 5.91 Å². The van der Waals surface area contributed by atoms with Crippen molar-refractivity contribution in [1.29, 1.82) is 0 Å². The molecule has 17 heavy (non-hydrogen) atoms. The maximum absolute atomic E-state index is 11.8. The first-order valence-electron chi connectivity index (χ1n) is 4.93. The molecule has 1 amide bonds. The van der Waals surface area contributed by atoms with E-state index in [1.165, 1.54) is 0 Å². The van der Waals surface area contributed by atoms with Crippen molar-refractivity contribution < 1.29 is 4.79 Å². The Bertz CT molecular complexity index is 564. The number of aromatic nitrogens is 2. The van der Waals surface area contributed by atoms with Crippen LogP contribution in [0, 0.1) is 6.92 Å². The number of carbonyl (C=O) groups excluding carboxylic acids is 1. The predicted molar refractivity (Wildman–Crippen MR) is 69.8 cm³/mol. The molecule has 5 nitrogen and oxygen atoms in total. The van der Waals surface area contributed by atoms with Crippen LogP contribution in [0.2, 0.25) is 0 Å². The van der Waals surface area contributed by atoms with Crippen molar-refractivity contribution in [3.63, 3.8) is 0 Å². The molecule has 0 saturated heterocycles. The zero-order valence-electron chi connectivity index (χ0n) is 9.12. The number of aromatic amines is 1. The van der Waals surface area contributed by atoms with Crippen molar-refractivity contribution in [2.75, 3.05) is 11.1 Å². The van der Waals surface area contributed by atoms with E-state index < -0.39 is 0 Å². The second-order valence-corrected chi connectivity index (χ2v) is 4.47. The molecule has 2 aromatic rings. The first-order valence-corrected chi connectivity index (χ1v) is 5.73. The fraction of sp³-hybridized carbons (Fsp3) is 0.0909. The van der Waals surface area contributed by atoms with Gasteiger partial charge in [0.25, 0.3) is 5.91 Å². The lowest BCUT2D eigenvalue weighted by Gasteiger charge is -2.04. The minimum Gasteiger partial charge on any atom is -0.397 e. The number of hydrogen-bond donors (Lipinski definition) is 3. The van der Waals surface area contributed by atoms with Crippen LogP contribution in [0.4, 0.5) is 11.5 Å². The monoisotopic (exact) mass is 294 g/mol. The van der Waals surface area contributed by atoms with Gasteiger partial charge >= 0.3 is 0 Å². The average Bonchev–Trinajstić information content (AvgIpc) is 2.70. The Morgan fingerprint density at radius 1 is 1.53 bits per heavy atom. The molecule has 0 unspecified atom stereocenters. The maximum Gasteiger partial charge on any atom is 0.273 e. The first-order chi connectivity index (χ1) is 8.06. The number of amides is 1. The van der Waals surface area contributed by atoms with E-state index >= 15 is 0 Å². The summed E-state index contributed by atoms with van der Waals surface area (Å²) in [4.78, 5) is 18.6. The summed E-state index contributed by atoms with van der Waals surface area (Å²) < 4.78 is 0.902. The molecule has 0 aliphatic carbocycles. The SMILES string of the molecule is Cc1cc(NC(=O)c2cc(N)c[nH]2)ncc1Br. The number of nitrogens with two attached hydrogens (primary N) is 1. The molecule has 0 radical (unpaired) electrons. The van der Waals surface area contributed by atoms with E-state index in [2.05, 4.69) is 31.2 Å². The van der Waals surface area contributed by atoms with Crippen LogP contribution in [0.3, 0.4) is 0 Å². The highest BCUT2D eigenvalue weighted by Gasteiger charge is 2.09. The molecule has 0 aliphatic heterocycles. The van der Waals surface area contributed by atoms with E-state index in [4.69, 9.17) is 5.73 Å². The summed E-state index contributed by atoms with van der Waals surface area (Å²) in [5, 5.41) is 2.68. The van der Waals surface area contributed by atoms with Gasteiger partial charge in [0.1, 0.15) is 11.5 Å². The molecule has 0 aromatic carbocycles. The third-order valence-electron chi connectivity index (χ3n) is 2.24. The molecular formula is C11H11BrN4O. The number of rotatable bonds is 2. The number of halogens is 1. The molecule has 0 atom stereocenters. The van der Waals surface area contributed by atoms with Gasteiger partial charge in [0.05, 0.1) is 0 Å². The fourth-order valence-corrected chi connectivity index (χ4v) is 1.55. The van der Waals surface area contributed by atoms with Gasteiger partial charge in [-0.05, 0) is 40.5 Å². The summed E-state index contributed by atoms with van der Waals surface area (Å²) in [5.74, 6) is 0.236. The van der Waals surface area contributed by atoms with Crippen molar-refractivity contribution in [2.24, 2.45) is 0 Å². The number of anilines is 2. The zero-order chi connectivity index (χ0) is 12.4. The van der Waals surface area contributed by atoms with Crippen LogP contribution < -0.4 is 11.1 Å². The van der Waals surface area contributed by atoms with Crippen LogP contribution in [-0.4, -0.2) is 15.9 Å². The summed E-state index contributed by atoms with van der Waals surface area (Å²) in [6.45, 7) is 1.92. The van der Waals surface area contributed by atoms with E-state index in [1.807, 2.05) is 6.92 Å². The number of pyridine rings is 1. The molecule has 0 aliphatic rings. The summed E-state index contributed by atoms with van der Waals surface area (Å²) in [6.07, 6.45) is 3.21. The van der Waals surface area contributed by atoms with E-state index in [0.717, 1.165) is 10.0 Å². The van der Waals surface area contributed by atoms with Crippen LogP contribution >= 0.6 is 15.9 Å². The van der Waals surface area contributed by atoms with Gasteiger partial charge in [-0.2, -0.15) is 0 Å². The Morgan fingerprint density at radius 3 is 2.88 bits per heavy atom.